The van der Waals surface area contributed by atoms with Crippen molar-refractivity contribution in [3.05, 3.63) is 71.1 Å². The molecule has 0 bridgehead atoms. The molecular weight excluding hydrogens is 374 g/mol. The Morgan fingerprint density at radius 2 is 1.64 bits per heavy atom. The minimum absolute atomic E-state index is 0.0689. The van der Waals surface area contributed by atoms with Gasteiger partial charge in [0, 0.05) is 56.9 Å². The average Bonchev–Trinajstić information content (AvgIpc) is 2.73. The van der Waals surface area contributed by atoms with E-state index in [1.807, 2.05) is 67.5 Å². The van der Waals surface area contributed by atoms with E-state index in [0.717, 1.165) is 11.3 Å². The molecule has 1 amide bonds. The molecule has 0 unspecified atom stereocenters. The molecule has 0 spiro atoms. The van der Waals surface area contributed by atoms with E-state index in [1.54, 1.807) is 17.0 Å². The predicted octanol–water partition coefficient (Wildman–Crippen LogP) is 2.51. The van der Waals surface area contributed by atoms with E-state index in [4.69, 9.17) is 0 Å². The summed E-state index contributed by atoms with van der Waals surface area (Å²) in [5.74, 6) is -0.0689. The molecule has 1 saturated heterocycles. The molecule has 1 fully saturated rings. The Morgan fingerprint density at radius 1 is 0.964 bits per heavy atom. The SMILES string of the molecule is CN(C)c1cccc(C(=O)N2CCN(S(=O)(=O)/C=C/c3ccccc3)CC2)c1. The summed E-state index contributed by atoms with van der Waals surface area (Å²) in [5.41, 5.74) is 2.41. The number of rotatable bonds is 5. The smallest absolute Gasteiger partial charge is 0.254 e. The molecule has 3 rings (SSSR count). The summed E-state index contributed by atoms with van der Waals surface area (Å²) in [7, 11) is 0.348. The number of benzene rings is 2. The molecule has 0 aromatic heterocycles. The van der Waals surface area contributed by atoms with Crippen molar-refractivity contribution < 1.29 is 13.2 Å². The molecule has 1 aliphatic heterocycles. The molecule has 0 radical (unpaired) electrons. The summed E-state index contributed by atoms with van der Waals surface area (Å²) in [4.78, 5) is 16.4. The van der Waals surface area contributed by atoms with Crippen LogP contribution >= 0.6 is 0 Å². The third-order valence-corrected chi connectivity index (χ3v) is 6.29. The lowest BCUT2D eigenvalue weighted by molar-refractivity contribution is 0.0698. The fourth-order valence-electron chi connectivity index (χ4n) is 3.06. The molecule has 2 aromatic rings. The third kappa shape index (κ3) is 4.79. The van der Waals surface area contributed by atoms with E-state index >= 15 is 0 Å². The van der Waals surface area contributed by atoms with Crippen LogP contribution in [0.25, 0.3) is 6.08 Å². The number of nitrogens with zero attached hydrogens (tertiary/aromatic N) is 3. The van der Waals surface area contributed by atoms with Gasteiger partial charge in [0.1, 0.15) is 0 Å². The summed E-state index contributed by atoms with van der Waals surface area (Å²) in [6, 6.07) is 16.8. The summed E-state index contributed by atoms with van der Waals surface area (Å²) in [6.07, 6.45) is 1.60. The van der Waals surface area contributed by atoms with Crippen molar-refractivity contribution in [2.24, 2.45) is 0 Å². The van der Waals surface area contributed by atoms with Gasteiger partial charge in [-0.25, -0.2) is 8.42 Å². The standard InChI is InChI=1S/C21H25N3O3S/c1-22(2)20-10-6-9-19(17-20)21(25)23-12-14-24(15-13-23)28(26,27)16-11-18-7-4-3-5-8-18/h3-11,16-17H,12-15H2,1-2H3/b16-11+. The Kier molecular flexibility index (Phi) is 6.16. The largest absolute Gasteiger partial charge is 0.378 e. The van der Waals surface area contributed by atoms with Gasteiger partial charge >= 0.3 is 0 Å². The molecule has 148 valence electrons. The number of hydrogen-bond acceptors (Lipinski definition) is 4. The lowest BCUT2D eigenvalue weighted by Gasteiger charge is -2.33. The number of anilines is 1. The first-order valence-electron chi connectivity index (χ1n) is 9.17. The monoisotopic (exact) mass is 399 g/mol. The van der Waals surface area contributed by atoms with E-state index in [-0.39, 0.29) is 5.91 Å². The number of sulfonamides is 1. The molecule has 28 heavy (non-hydrogen) atoms. The predicted molar refractivity (Wildman–Crippen MR) is 113 cm³/mol. The van der Waals surface area contributed by atoms with Gasteiger partial charge in [-0.15, -0.1) is 0 Å². The first-order valence-corrected chi connectivity index (χ1v) is 10.7. The van der Waals surface area contributed by atoms with Crippen LogP contribution in [0.2, 0.25) is 0 Å². The van der Waals surface area contributed by atoms with Gasteiger partial charge in [-0.2, -0.15) is 4.31 Å². The van der Waals surface area contributed by atoms with Crippen molar-refractivity contribution >= 4 is 27.7 Å². The lowest BCUT2D eigenvalue weighted by Crippen LogP contribution is -2.50. The molecule has 6 nitrogen and oxygen atoms in total. The average molecular weight is 400 g/mol. The van der Waals surface area contributed by atoms with Crippen LogP contribution in [0.1, 0.15) is 15.9 Å². The van der Waals surface area contributed by atoms with Crippen molar-refractivity contribution in [3.63, 3.8) is 0 Å². The third-order valence-electron chi connectivity index (χ3n) is 4.73. The zero-order chi connectivity index (χ0) is 20.1. The van der Waals surface area contributed by atoms with E-state index < -0.39 is 10.0 Å². The van der Waals surface area contributed by atoms with Crippen LogP contribution in [-0.2, 0) is 10.0 Å². The van der Waals surface area contributed by atoms with Crippen LogP contribution in [0.3, 0.4) is 0 Å². The molecule has 7 heteroatoms. The van der Waals surface area contributed by atoms with E-state index in [1.165, 1.54) is 9.71 Å². The van der Waals surface area contributed by atoms with Gasteiger partial charge in [0.2, 0.25) is 10.0 Å². The number of piperazine rings is 1. The first kappa shape index (κ1) is 20.1. The van der Waals surface area contributed by atoms with Gasteiger partial charge in [-0.05, 0) is 29.8 Å². The first-order chi connectivity index (χ1) is 13.4. The maximum Gasteiger partial charge on any atom is 0.254 e. The highest BCUT2D eigenvalue weighted by molar-refractivity contribution is 7.92. The molecule has 0 saturated carbocycles. The van der Waals surface area contributed by atoms with E-state index in [9.17, 15) is 13.2 Å². The van der Waals surface area contributed by atoms with Crippen molar-refractivity contribution in [1.82, 2.24) is 9.21 Å². The fourth-order valence-corrected chi connectivity index (χ4v) is 4.23. The van der Waals surface area contributed by atoms with Crippen LogP contribution in [0.5, 0.6) is 0 Å². The molecular formula is C21H25N3O3S. The molecule has 0 N–H and O–H groups in total. The zero-order valence-corrected chi connectivity index (χ0v) is 17.0. The van der Waals surface area contributed by atoms with E-state index in [0.29, 0.717) is 31.7 Å². The summed E-state index contributed by atoms with van der Waals surface area (Å²) < 4.78 is 26.5. The Morgan fingerprint density at radius 3 is 2.29 bits per heavy atom. The van der Waals surface area contributed by atoms with Crippen LogP contribution in [0.4, 0.5) is 5.69 Å². The van der Waals surface area contributed by atoms with Crippen LogP contribution in [0, 0.1) is 0 Å². The number of amides is 1. The lowest BCUT2D eigenvalue weighted by atomic mass is 10.1. The van der Waals surface area contributed by atoms with Gasteiger partial charge in [-0.3, -0.25) is 4.79 Å². The topological polar surface area (TPSA) is 60.9 Å². The molecule has 0 aliphatic carbocycles. The van der Waals surface area contributed by atoms with E-state index in [2.05, 4.69) is 0 Å². The number of hydrogen-bond donors (Lipinski definition) is 0. The molecule has 1 heterocycles. The minimum atomic E-state index is -3.51. The summed E-state index contributed by atoms with van der Waals surface area (Å²) >= 11 is 0. The molecule has 2 aromatic carbocycles. The fraction of sp³-hybridized carbons (Fsp3) is 0.286. The molecule has 1 aliphatic rings. The zero-order valence-electron chi connectivity index (χ0n) is 16.2. The normalized spacial score (nSPS) is 15.7. The van der Waals surface area contributed by atoms with Crippen LogP contribution in [-0.4, -0.2) is 63.8 Å². The van der Waals surface area contributed by atoms with Crippen molar-refractivity contribution in [2.75, 3.05) is 45.2 Å². The second-order valence-electron chi connectivity index (χ2n) is 6.89. The summed E-state index contributed by atoms with van der Waals surface area (Å²) in [5, 5.41) is 1.24. The Balaban J connectivity index is 1.63. The van der Waals surface area contributed by atoms with Crippen LogP contribution < -0.4 is 4.90 Å². The highest BCUT2D eigenvalue weighted by Gasteiger charge is 2.27. The van der Waals surface area contributed by atoms with Gasteiger partial charge in [0.15, 0.2) is 0 Å². The maximum absolute atomic E-state index is 12.8. The van der Waals surface area contributed by atoms with Crippen LogP contribution in [0.15, 0.2) is 60.0 Å². The van der Waals surface area contributed by atoms with Crippen molar-refractivity contribution in [1.29, 1.82) is 0 Å². The highest BCUT2D eigenvalue weighted by Crippen LogP contribution is 2.17. The number of carbonyl (C=O) groups excluding carboxylic acids is 1. The Bertz CT molecular complexity index is 948. The van der Waals surface area contributed by atoms with Gasteiger partial charge in [0.05, 0.1) is 0 Å². The van der Waals surface area contributed by atoms with Crippen molar-refractivity contribution in [2.45, 2.75) is 0 Å². The Hall–Kier alpha value is -2.64. The second-order valence-corrected chi connectivity index (χ2v) is 8.71. The quantitative estimate of drug-likeness (QED) is 0.775. The van der Waals surface area contributed by atoms with Gasteiger partial charge < -0.3 is 9.80 Å². The van der Waals surface area contributed by atoms with Gasteiger partial charge in [-0.1, -0.05) is 36.4 Å². The molecule has 0 atom stereocenters. The highest BCUT2D eigenvalue weighted by atomic mass is 32.2. The maximum atomic E-state index is 12.8. The van der Waals surface area contributed by atoms with Gasteiger partial charge in [0.25, 0.3) is 5.91 Å². The number of carbonyl (C=O) groups is 1. The van der Waals surface area contributed by atoms with Crippen molar-refractivity contribution in [3.8, 4) is 0 Å². The minimum Gasteiger partial charge on any atom is -0.378 e. The summed E-state index contributed by atoms with van der Waals surface area (Å²) in [6.45, 7) is 1.34. The Labute approximate surface area is 166 Å². The second kappa shape index (κ2) is 8.58.